The SMILES string of the molecule is Cc1nnc2n1-c1sc3c(c1C(c1ccccc1Cl)=NC2)CCN(C(=O)CSc1ccc(C(C)(C)C)cc1)C3. The van der Waals surface area contributed by atoms with Gasteiger partial charge in [0.1, 0.15) is 17.4 Å². The Hall–Kier alpha value is -2.94. The van der Waals surface area contributed by atoms with Gasteiger partial charge in [-0.2, -0.15) is 0 Å². The number of amides is 1. The zero-order valence-electron chi connectivity index (χ0n) is 22.5. The molecule has 0 unspecified atom stereocenters. The maximum absolute atomic E-state index is 13.3. The van der Waals surface area contributed by atoms with Crippen LogP contribution in [0.25, 0.3) is 5.00 Å². The van der Waals surface area contributed by atoms with Crippen molar-refractivity contribution in [3.05, 3.63) is 92.3 Å². The molecule has 2 aliphatic rings. The molecule has 0 bridgehead atoms. The molecule has 0 spiro atoms. The Morgan fingerprint density at radius 2 is 1.87 bits per heavy atom. The molecule has 9 heteroatoms. The molecule has 2 aliphatic heterocycles. The van der Waals surface area contributed by atoms with Gasteiger partial charge in [-0.05, 0) is 48.1 Å². The molecule has 4 heterocycles. The summed E-state index contributed by atoms with van der Waals surface area (Å²) in [5.74, 6) is 2.24. The van der Waals surface area contributed by atoms with Gasteiger partial charge in [-0.1, -0.05) is 62.7 Å². The van der Waals surface area contributed by atoms with E-state index in [0.29, 0.717) is 30.4 Å². The number of hydrogen-bond acceptors (Lipinski definition) is 6. The van der Waals surface area contributed by atoms with Crippen molar-refractivity contribution in [3.8, 4) is 5.00 Å². The average Bonchev–Trinajstić information content (AvgIpc) is 3.42. The van der Waals surface area contributed by atoms with Gasteiger partial charge in [0.25, 0.3) is 0 Å². The molecule has 0 N–H and O–H groups in total. The van der Waals surface area contributed by atoms with Crippen LogP contribution in [0.2, 0.25) is 5.02 Å². The Balaban J connectivity index is 1.27. The average molecular weight is 576 g/mol. The highest BCUT2D eigenvalue weighted by atomic mass is 35.5. The van der Waals surface area contributed by atoms with Gasteiger partial charge in [-0.15, -0.1) is 33.3 Å². The summed E-state index contributed by atoms with van der Waals surface area (Å²) in [5, 5.41) is 10.5. The lowest BCUT2D eigenvalue weighted by Gasteiger charge is -2.27. The van der Waals surface area contributed by atoms with E-state index in [0.717, 1.165) is 44.8 Å². The number of carbonyl (C=O) groups excluding carboxylic acids is 1. The van der Waals surface area contributed by atoms with Crippen LogP contribution in [0.3, 0.4) is 0 Å². The molecule has 4 aromatic rings. The van der Waals surface area contributed by atoms with Crippen molar-refractivity contribution in [1.29, 1.82) is 0 Å². The highest BCUT2D eigenvalue weighted by Gasteiger charge is 2.33. The molecule has 6 rings (SSSR count). The molecule has 0 fully saturated rings. The summed E-state index contributed by atoms with van der Waals surface area (Å²) in [6, 6.07) is 16.4. The summed E-state index contributed by atoms with van der Waals surface area (Å²) in [5.41, 5.74) is 5.59. The van der Waals surface area contributed by atoms with Gasteiger partial charge in [-0.25, -0.2) is 0 Å². The van der Waals surface area contributed by atoms with E-state index in [1.54, 1.807) is 23.1 Å². The minimum Gasteiger partial charge on any atom is -0.336 e. The predicted octanol–water partition coefficient (Wildman–Crippen LogP) is 6.62. The Kier molecular flexibility index (Phi) is 6.90. The number of nitrogens with zero attached hydrogens (tertiary/aromatic N) is 5. The number of aliphatic imine (C=N–C) groups is 1. The predicted molar refractivity (Wildman–Crippen MR) is 160 cm³/mol. The minimum absolute atomic E-state index is 0.117. The molecule has 0 radical (unpaired) electrons. The first-order valence-corrected chi connectivity index (χ1v) is 15.3. The summed E-state index contributed by atoms with van der Waals surface area (Å²) in [6.07, 6.45) is 0.776. The second-order valence-electron chi connectivity index (χ2n) is 11.0. The van der Waals surface area contributed by atoms with E-state index >= 15 is 0 Å². The van der Waals surface area contributed by atoms with Crippen molar-refractivity contribution in [2.45, 2.75) is 57.5 Å². The monoisotopic (exact) mass is 575 g/mol. The number of hydrogen-bond donors (Lipinski definition) is 0. The molecule has 1 amide bonds. The molecule has 0 saturated heterocycles. The Labute approximate surface area is 242 Å². The normalized spacial score (nSPS) is 14.8. The van der Waals surface area contributed by atoms with Crippen molar-refractivity contribution >= 4 is 46.3 Å². The summed E-state index contributed by atoms with van der Waals surface area (Å²) < 4.78 is 2.12. The van der Waals surface area contributed by atoms with Gasteiger partial charge >= 0.3 is 0 Å². The molecule has 2 aromatic carbocycles. The zero-order chi connectivity index (χ0) is 27.3. The Bertz CT molecular complexity index is 1600. The van der Waals surface area contributed by atoms with Crippen molar-refractivity contribution in [2.24, 2.45) is 4.99 Å². The molecule has 6 nitrogen and oxygen atoms in total. The fourth-order valence-electron chi connectivity index (χ4n) is 5.17. The number of benzene rings is 2. The number of thioether (sulfide) groups is 1. The van der Waals surface area contributed by atoms with Gasteiger partial charge in [-0.3, -0.25) is 14.4 Å². The number of halogens is 1. The van der Waals surface area contributed by atoms with Crippen LogP contribution in [-0.4, -0.2) is 43.6 Å². The van der Waals surface area contributed by atoms with Gasteiger partial charge in [0.05, 0.1) is 18.0 Å². The smallest absolute Gasteiger partial charge is 0.233 e. The number of rotatable bonds is 4. The van der Waals surface area contributed by atoms with Crippen LogP contribution < -0.4 is 0 Å². The van der Waals surface area contributed by atoms with Crippen molar-refractivity contribution in [1.82, 2.24) is 19.7 Å². The maximum Gasteiger partial charge on any atom is 0.233 e. The van der Waals surface area contributed by atoms with E-state index in [2.05, 4.69) is 59.8 Å². The standard InChI is InChI=1S/C30H30ClN5OS2/c1-18-33-34-25-15-32-28(21-7-5-6-8-23(21)31)27-22-13-14-35(16-24(22)39-29(27)36(18)25)26(37)17-38-20-11-9-19(10-12-20)30(2,3)4/h5-12H,13-17H2,1-4H3. The molecular formula is C30H30ClN5OS2. The molecule has 200 valence electrons. The second kappa shape index (κ2) is 10.2. The molecule has 2 aromatic heterocycles. The van der Waals surface area contributed by atoms with E-state index in [9.17, 15) is 4.79 Å². The highest BCUT2D eigenvalue weighted by Crippen LogP contribution is 2.40. The van der Waals surface area contributed by atoms with E-state index in [1.165, 1.54) is 16.0 Å². The van der Waals surface area contributed by atoms with Gasteiger partial charge < -0.3 is 4.90 Å². The van der Waals surface area contributed by atoms with Crippen LogP contribution in [0.5, 0.6) is 0 Å². The van der Waals surface area contributed by atoms with Crippen LogP contribution in [0.15, 0.2) is 58.4 Å². The highest BCUT2D eigenvalue weighted by molar-refractivity contribution is 8.00. The summed E-state index contributed by atoms with van der Waals surface area (Å²) in [4.78, 5) is 22.6. The number of thiophene rings is 1. The number of aromatic nitrogens is 3. The van der Waals surface area contributed by atoms with Gasteiger partial charge in [0.15, 0.2) is 5.82 Å². The van der Waals surface area contributed by atoms with Gasteiger partial charge in [0.2, 0.25) is 5.91 Å². The molecule has 39 heavy (non-hydrogen) atoms. The van der Waals surface area contributed by atoms with E-state index < -0.39 is 0 Å². The summed E-state index contributed by atoms with van der Waals surface area (Å²) in [6.45, 7) is 10.3. The van der Waals surface area contributed by atoms with Crippen LogP contribution in [0.4, 0.5) is 0 Å². The second-order valence-corrected chi connectivity index (χ2v) is 13.5. The third-order valence-corrected chi connectivity index (χ3v) is 9.84. The number of carbonyl (C=O) groups is 1. The first-order valence-electron chi connectivity index (χ1n) is 13.1. The van der Waals surface area contributed by atoms with Crippen molar-refractivity contribution in [2.75, 3.05) is 12.3 Å². The Morgan fingerprint density at radius 1 is 1.10 bits per heavy atom. The summed E-state index contributed by atoms with van der Waals surface area (Å²) >= 11 is 9.98. The zero-order valence-corrected chi connectivity index (χ0v) is 24.9. The van der Waals surface area contributed by atoms with Crippen molar-refractivity contribution in [3.63, 3.8) is 0 Å². The maximum atomic E-state index is 13.3. The van der Waals surface area contributed by atoms with Crippen LogP contribution in [0.1, 0.15) is 59.6 Å². The third kappa shape index (κ3) is 4.94. The topological polar surface area (TPSA) is 63.4 Å². The minimum atomic E-state index is 0.117. The fourth-order valence-corrected chi connectivity index (χ4v) is 7.62. The van der Waals surface area contributed by atoms with Crippen LogP contribution >= 0.6 is 34.7 Å². The lowest BCUT2D eigenvalue weighted by molar-refractivity contribution is -0.129. The first kappa shape index (κ1) is 26.3. The molecule has 0 aliphatic carbocycles. The lowest BCUT2D eigenvalue weighted by Crippen LogP contribution is -2.36. The quantitative estimate of drug-likeness (QED) is 0.257. The van der Waals surface area contributed by atoms with Gasteiger partial charge in [0, 0.05) is 32.5 Å². The third-order valence-electron chi connectivity index (χ3n) is 7.31. The summed E-state index contributed by atoms with van der Waals surface area (Å²) in [7, 11) is 0. The fraction of sp³-hybridized carbons (Fsp3) is 0.333. The van der Waals surface area contributed by atoms with Crippen molar-refractivity contribution < 1.29 is 4.79 Å². The first-order chi connectivity index (χ1) is 18.7. The van der Waals surface area contributed by atoms with Crippen LogP contribution in [-0.2, 0) is 29.7 Å². The van der Waals surface area contributed by atoms with E-state index in [1.807, 2.05) is 36.1 Å². The number of aryl methyl sites for hydroxylation is 1. The molecule has 0 saturated carbocycles. The largest absolute Gasteiger partial charge is 0.336 e. The Morgan fingerprint density at radius 3 is 2.62 bits per heavy atom. The van der Waals surface area contributed by atoms with E-state index in [-0.39, 0.29) is 11.3 Å². The van der Waals surface area contributed by atoms with E-state index in [4.69, 9.17) is 16.6 Å². The molecule has 0 atom stereocenters. The lowest BCUT2D eigenvalue weighted by atomic mass is 9.87. The number of fused-ring (bicyclic) bond motifs is 5. The van der Waals surface area contributed by atoms with Crippen LogP contribution in [0, 0.1) is 6.92 Å². The molecular weight excluding hydrogens is 546 g/mol.